The Balaban J connectivity index is 1.92. The number of hydrogen-bond donors (Lipinski definition) is 0. The van der Waals surface area contributed by atoms with Crippen molar-refractivity contribution >= 4 is 35.1 Å². The summed E-state index contributed by atoms with van der Waals surface area (Å²) in [6, 6.07) is 10.2. The van der Waals surface area contributed by atoms with Crippen LogP contribution in [0.5, 0.6) is 0 Å². The summed E-state index contributed by atoms with van der Waals surface area (Å²) in [5.74, 6) is -0.00737. The maximum Gasteiger partial charge on any atom is 0.219 e. The average Bonchev–Trinajstić information content (AvgIpc) is 2.87. The van der Waals surface area contributed by atoms with Crippen molar-refractivity contribution < 1.29 is 9.59 Å². The summed E-state index contributed by atoms with van der Waals surface area (Å²) in [5, 5.41) is 0.682. The molecular weight excluding hydrogens is 320 g/mol. The Bertz CT molecular complexity index is 643. The molecule has 1 amide bonds. The Kier molecular flexibility index (Phi) is 6.10. The van der Waals surface area contributed by atoms with Crippen LogP contribution in [0, 0.1) is 0 Å². The van der Waals surface area contributed by atoms with Gasteiger partial charge < -0.3 is 4.90 Å². The molecule has 0 aliphatic heterocycles. The van der Waals surface area contributed by atoms with Gasteiger partial charge in [-0.15, -0.1) is 11.3 Å². The Morgan fingerprint density at radius 1 is 1.36 bits per heavy atom. The first-order valence-corrected chi connectivity index (χ1v) is 8.19. The molecule has 0 unspecified atom stereocenters. The lowest BCUT2D eigenvalue weighted by molar-refractivity contribution is -0.129. The lowest BCUT2D eigenvalue weighted by atomic mass is 10.1. The number of aromatic nitrogens is 1. The SMILES string of the molecule is CC(=O)N(CCCc1ccccc1)Cc1nc(C=O)c(Cl)s1. The third-order valence-corrected chi connectivity index (χ3v) is 4.54. The minimum Gasteiger partial charge on any atom is -0.336 e. The van der Waals surface area contributed by atoms with Crippen LogP contribution in [0.2, 0.25) is 4.34 Å². The summed E-state index contributed by atoms with van der Waals surface area (Å²) >= 11 is 7.16. The van der Waals surface area contributed by atoms with Crippen LogP contribution >= 0.6 is 22.9 Å². The highest BCUT2D eigenvalue weighted by atomic mass is 35.5. The number of nitrogens with zero attached hydrogens (tertiary/aromatic N) is 2. The van der Waals surface area contributed by atoms with Gasteiger partial charge in [0.1, 0.15) is 15.0 Å². The Morgan fingerprint density at radius 3 is 2.68 bits per heavy atom. The van der Waals surface area contributed by atoms with E-state index in [1.165, 1.54) is 16.9 Å². The molecule has 0 saturated heterocycles. The van der Waals surface area contributed by atoms with Gasteiger partial charge >= 0.3 is 0 Å². The molecule has 6 heteroatoms. The molecule has 1 aromatic carbocycles. The molecule has 0 aliphatic rings. The Hall–Kier alpha value is -1.72. The molecule has 116 valence electrons. The molecule has 0 atom stereocenters. The van der Waals surface area contributed by atoms with E-state index >= 15 is 0 Å². The number of carbonyl (C=O) groups is 2. The summed E-state index contributed by atoms with van der Waals surface area (Å²) in [5.41, 5.74) is 1.50. The topological polar surface area (TPSA) is 50.3 Å². The molecular formula is C16H17ClN2O2S. The molecule has 0 radical (unpaired) electrons. The minimum absolute atomic E-state index is 0.00737. The zero-order valence-electron chi connectivity index (χ0n) is 12.3. The molecule has 0 bridgehead atoms. The lowest BCUT2D eigenvalue weighted by Crippen LogP contribution is -2.29. The monoisotopic (exact) mass is 336 g/mol. The van der Waals surface area contributed by atoms with Gasteiger partial charge in [-0.1, -0.05) is 41.9 Å². The molecule has 0 spiro atoms. The first kappa shape index (κ1) is 16.6. The first-order valence-electron chi connectivity index (χ1n) is 7.00. The van der Waals surface area contributed by atoms with Crippen LogP contribution in [0.15, 0.2) is 30.3 Å². The summed E-state index contributed by atoms with van der Waals surface area (Å²) in [7, 11) is 0. The van der Waals surface area contributed by atoms with Crippen LogP contribution < -0.4 is 0 Å². The second kappa shape index (κ2) is 8.06. The molecule has 0 fully saturated rings. The Labute approximate surface area is 138 Å². The normalized spacial score (nSPS) is 10.5. The number of aldehydes is 1. The summed E-state index contributed by atoms with van der Waals surface area (Å²) in [6.45, 7) is 2.58. The van der Waals surface area contributed by atoms with Gasteiger partial charge in [-0.05, 0) is 18.4 Å². The van der Waals surface area contributed by atoms with Crippen molar-refractivity contribution in [2.75, 3.05) is 6.54 Å². The fourth-order valence-corrected chi connectivity index (χ4v) is 3.25. The number of benzene rings is 1. The van der Waals surface area contributed by atoms with Crippen LogP contribution in [0.25, 0.3) is 0 Å². The summed E-state index contributed by atoms with van der Waals surface area (Å²) in [4.78, 5) is 28.4. The molecule has 0 N–H and O–H groups in total. The second-order valence-electron chi connectivity index (χ2n) is 4.91. The van der Waals surface area contributed by atoms with Gasteiger partial charge in [0.25, 0.3) is 0 Å². The fraction of sp³-hybridized carbons (Fsp3) is 0.312. The van der Waals surface area contributed by atoms with E-state index in [2.05, 4.69) is 17.1 Å². The highest BCUT2D eigenvalue weighted by Crippen LogP contribution is 2.24. The highest BCUT2D eigenvalue weighted by molar-refractivity contribution is 7.16. The van der Waals surface area contributed by atoms with Crippen molar-refractivity contribution in [2.24, 2.45) is 0 Å². The Morgan fingerprint density at radius 2 is 2.09 bits per heavy atom. The van der Waals surface area contributed by atoms with Gasteiger partial charge in [-0.2, -0.15) is 0 Å². The third-order valence-electron chi connectivity index (χ3n) is 3.27. The standard InChI is InChI=1S/C16H17ClN2O2S/c1-12(21)19(9-5-8-13-6-3-2-4-7-13)10-15-18-14(11-20)16(17)22-15/h2-4,6-7,11H,5,8-10H2,1H3. The average molecular weight is 337 g/mol. The van der Waals surface area contributed by atoms with Crippen molar-refractivity contribution in [3.63, 3.8) is 0 Å². The van der Waals surface area contributed by atoms with Crippen LogP contribution in [0.1, 0.15) is 34.4 Å². The number of aryl methyl sites for hydroxylation is 1. The molecule has 1 aromatic heterocycles. The van der Waals surface area contributed by atoms with Crippen molar-refractivity contribution in [3.8, 4) is 0 Å². The zero-order chi connectivity index (χ0) is 15.9. The van der Waals surface area contributed by atoms with E-state index in [0.29, 0.717) is 28.7 Å². The van der Waals surface area contributed by atoms with E-state index in [1.807, 2.05) is 18.2 Å². The molecule has 0 aliphatic carbocycles. The smallest absolute Gasteiger partial charge is 0.219 e. The van der Waals surface area contributed by atoms with E-state index in [0.717, 1.165) is 12.8 Å². The van der Waals surface area contributed by atoms with Gasteiger partial charge in [-0.3, -0.25) is 9.59 Å². The number of amides is 1. The number of hydrogen-bond acceptors (Lipinski definition) is 4. The van der Waals surface area contributed by atoms with Crippen LogP contribution in [-0.2, 0) is 17.8 Å². The molecule has 4 nitrogen and oxygen atoms in total. The largest absolute Gasteiger partial charge is 0.336 e. The maximum atomic E-state index is 11.8. The van der Waals surface area contributed by atoms with Crippen molar-refractivity contribution in [2.45, 2.75) is 26.3 Å². The second-order valence-corrected chi connectivity index (χ2v) is 6.60. The van der Waals surface area contributed by atoms with E-state index < -0.39 is 0 Å². The number of carbonyl (C=O) groups excluding carboxylic acids is 2. The number of rotatable bonds is 7. The van der Waals surface area contributed by atoms with Gasteiger partial charge in [0.15, 0.2) is 6.29 Å². The van der Waals surface area contributed by atoms with Crippen LogP contribution in [0.4, 0.5) is 0 Å². The molecule has 0 saturated carbocycles. The predicted octanol–water partition coefficient (Wildman–Crippen LogP) is 3.59. The zero-order valence-corrected chi connectivity index (χ0v) is 13.9. The quantitative estimate of drug-likeness (QED) is 0.726. The number of thiazole rings is 1. The molecule has 22 heavy (non-hydrogen) atoms. The van der Waals surface area contributed by atoms with E-state index in [4.69, 9.17) is 11.6 Å². The molecule has 2 rings (SSSR count). The molecule has 1 heterocycles. The van der Waals surface area contributed by atoms with Gasteiger partial charge in [0.05, 0.1) is 6.54 Å². The van der Waals surface area contributed by atoms with Gasteiger partial charge in [0.2, 0.25) is 5.91 Å². The van der Waals surface area contributed by atoms with E-state index in [-0.39, 0.29) is 11.6 Å². The van der Waals surface area contributed by atoms with Crippen LogP contribution in [0.3, 0.4) is 0 Å². The maximum absolute atomic E-state index is 11.8. The third kappa shape index (κ3) is 4.64. The van der Waals surface area contributed by atoms with Crippen molar-refractivity contribution in [3.05, 3.63) is 50.9 Å². The summed E-state index contributed by atoms with van der Waals surface area (Å²) in [6.07, 6.45) is 2.43. The molecule has 2 aromatic rings. The highest BCUT2D eigenvalue weighted by Gasteiger charge is 2.14. The lowest BCUT2D eigenvalue weighted by Gasteiger charge is -2.19. The van der Waals surface area contributed by atoms with Gasteiger partial charge in [0, 0.05) is 13.5 Å². The first-order chi connectivity index (χ1) is 10.6. The predicted molar refractivity (Wildman–Crippen MR) is 88.4 cm³/mol. The fourth-order valence-electron chi connectivity index (χ4n) is 2.13. The van der Waals surface area contributed by atoms with E-state index in [9.17, 15) is 9.59 Å². The van der Waals surface area contributed by atoms with Crippen molar-refractivity contribution in [1.82, 2.24) is 9.88 Å². The van der Waals surface area contributed by atoms with Crippen molar-refractivity contribution in [1.29, 1.82) is 0 Å². The van der Waals surface area contributed by atoms with Gasteiger partial charge in [-0.25, -0.2) is 4.98 Å². The summed E-state index contributed by atoms with van der Waals surface area (Å²) < 4.78 is 0.373. The minimum atomic E-state index is -0.00737. The number of halogens is 1. The van der Waals surface area contributed by atoms with E-state index in [1.54, 1.807) is 11.8 Å². The van der Waals surface area contributed by atoms with Crippen LogP contribution in [-0.4, -0.2) is 28.6 Å².